The van der Waals surface area contributed by atoms with E-state index in [0.717, 1.165) is 24.3 Å². The molecule has 2 saturated carbocycles. The van der Waals surface area contributed by atoms with Crippen molar-refractivity contribution in [3.8, 4) is 0 Å². The smallest absolute Gasteiger partial charge is 0.193 e. The maximum Gasteiger partial charge on any atom is 0.193 e. The van der Waals surface area contributed by atoms with Crippen LogP contribution in [0.15, 0.2) is 4.99 Å². The molecule has 4 heteroatoms. The number of guanidine groups is 1. The third-order valence-corrected chi connectivity index (χ3v) is 5.56. The van der Waals surface area contributed by atoms with E-state index >= 15 is 0 Å². The molecule has 1 N–H and O–H groups in total. The zero-order valence-electron chi connectivity index (χ0n) is 13.0. The predicted octanol–water partition coefficient (Wildman–Crippen LogP) is 3.49. The van der Waals surface area contributed by atoms with Gasteiger partial charge in [0.15, 0.2) is 5.96 Å². The maximum absolute atomic E-state index is 4.52. The van der Waals surface area contributed by atoms with E-state index in [-0.39, 0.29) is 24.0 Å². The fourth-order valence-corrected chi connectivity index (χ4v) is 4.03. The standard InChI is InChI=1S/C16H29N3.HI/c1-13-5-3-10-19(11-13)15(17-2)18-12-16(8-4-9-16)14-6-7-14;/h13-14H,3-12H2,1-2H3,(H,17,18);1H. The van der Waals surface area contributed by atoms with E-state index < -0.39 is 0 Å². The van der Waals surface area contributed by atoms with Gasteiger partial charge in [0.2, 0.25) is 0 Å². The Kier molecular flexibility index (Phi) is 5.60. The average Bonchev–Trinajstić information content (AvgIpc) is 3.17. The minimum Gasteiger partial charge on any atom is -0.356 e. The van der Waals surface area contributed by atoms with E-state index in [2.05, 4.69) is 22.1 Å². The van der Waals surface area contributed by atoms with E-state index in [1.54, 1.807) is 0 Å². The quantitative estimate of drug-likeness (QED) is 0.453. The van der Waals surface area contributed by atoms with Crippen LogP contribution in [0, 0.1) is 17.3 Å². The van der Waals surface area contributed by atoms with Gasteiger partial charge in [0.25, 0.3) is 0 Å². The summed E-state index contributed by atoms with van der Waals surface area (Å²) in [4.78, 5) is 6.98. The number of rotatable bonds is 3. The molecular formula is C16H30IN3. The molecule has 1 heterocycles. The summed E-state index contributed by atoms with van der Waals surface area (Å²) in [6, 6.07) is 0. The Morgan fingerprint density at radius 2 is 2.00 bits per heavy atom. The molecule has 1 atom stereocenters. The molecule has 3 rings (SSSR count). The molecular weight excluding hydrogens is 361 g/mol. The third-order valence-electron chi connectivity index (χ3n) is 5.56. The lowest BCUT2D eigenvalue weighted by Gasteiger charge is -2.44. The predicted molar refractivity (Wildman–Crippen MR) is 95.8 cm³/mol. The molecule has 116 valence electrons. The summed E-state index contributed by atoms with van der Waals surface area (Å²) in [5, 5.41) is 3.70. The third kappa shape index (κ3) is 3.42. The van der Waals surface area contributed by atoms with Crippen LogP contribution in [0.1, 0.15) is 51.9 Å². The first-order valence-electron chi connectivity index (χ1n) is 8.19. The maximum atomic E-state index is 4.52. The van der Waals surface area contributed by atoms with Crippen molar-refractivity contribution in [2.24, 2.45) is 22.2 Å². The zero-order valence-corrected chi connectivity index (χ0v) is 15.4. The topological polar surface area (TPSA) is 27.6 Å². The van der Waals surface area contributed by atoms with Gasteiger partial charge in [0, 0.05) is 26.7 Å². The number of likely N-dealkylation sites (tertiary alicyclic amines) is 1. The van der Waals surface area contributed by atoms with E-state index in [1.807, 2.05) is 7.05 Å². The van der Waals surface area contributed by atoms with Gasteiger partial charge in [-0.05, 0) is 55.8 Å². The van der Waals surface area contributed by atoms with Crippen LogP contribution in [0.3, 0.4) is 0 Å². The molecule has 0 amide bonds. The summed E-state index contributed by atoms with van der Waals surface area (Å²) in [7, 11) is 1.94. The average molecular weight is 391 g/mol. The molecule has 0 aromatic heterocycles. The Hall–Kier alpha value is 0. The van der Waals surface area contributed by atoms with Crippen LogP contribution in [0.2, 0.25) is 0 Å². The van der Waals surface area contributed by atoms with Gasteiger partial charge in [-0.15, -0.1) is 24.0 Å². The first-order valence-corrected chi connectivity index (χ1v) is 8.19. The Bertz CT molecular complexity index is 348. The zero-order chi connectivity index (χ0) is 13.3. The van der Waals surface area contributed by atoms with Gasteiger partial charge in [-0.1, -0.05) is 13.3 Å². The highest BCUT2D eigenvalue weighted by Gasteiger charge is 2.48. The number of hydrogen-bond acceptors (Lipinski definition) is 1. The first kappa shape index (κ1) is 16.4. The van der Waals surface area contributed by atoms with Crippen molar-refractivity contribution in [3.05, 3.63) is 0 Å². The Morgan fingerprint density at radius 1 is 1.25 bits per heavy atom. The fourth-order valence-electron chi connectivity index (χ4n) is 4.03. The molecule has 1 unspecified atom stereocenters. The second-order valence-corrected chi connectivity index (χ2v) is 7.08. The second kappa shape index (κ2) is 6.84. The van der Waals surface area contributed by atoms with Gasteiger partial charge in [-0.3, -0.25) is 4.99 Å². The van der Waals surface area contributed by atoms with Crippen LogP contribution >= 0.6 is 24.0 Å². The molecule has 3 nitrogen and oxygen atoms in total. The lowest BCUT2D eigenvalue weighted by atomic mass is 9.65. The molecule has 1 saturated heterocycles. The van der Waals surface area contributed by atoms with Crippen molar-refractivity contribution in [1.29, 1.82) is 0 Å². The monoisotopic (exact) mass is 391 g/mol. The van der Waals surface area contributed by atoms with Crippen molar-refractivity contribution < 1.29 is 0 Å². The summed E-state index contributed by atoms with van der Waals surface area (Å²) in [5.41, 5.74) is 0.636. The summed E-state index contributed by atoms with van der Waals surface area (Å²) >= 11 is 0. The van der Waals surface area contributed by atoms with Crippen LogP contribution < -0.4 is 5.32 Å². The lowest BCUT2D eigenvalue weighted by Crippen LogP contribution is -2.51. The molecule has 2 aliphatic carbocycles. The van der Waals surface area contributed by atoms with Gasteiger partial charge in [0.05, 0.1) is 0 Å². The number of halogens is 1. The highest BCUT2D eigenvalue weighted by Crippen LogP contribution is 2.56. The molecule has 0 aromatic rings. The largest absolute Gasteiger partial charge is 0.356 e. The van der Waals surface area contributed by atoms with Crippen molar-refractivity contribution in [2.45, 2.75) is 51.9 Å². The summed E-state index contributed by atoms with van der Waals surface area (Å²) in [6.07, 6.45) is 9.96. The van der Waals surface area contributed by atoms with E-state index in [0.29, 0.717) is 5.41 Å². The Labute approximate surface area is 141 Å². The lowest BCUT2D eigenvalue weighted by molar-refractivity contribution is 0.104. The van der Waals surface area contributed by atoms with Crippen molar-refractivity contribution >= 4 is 29.9 Å². The number of piperidine rings is 1. The molecule has 20 heavy (non-hydrogen) atoms. The highest BCUT2D eigenvalue weighted by atomic mass is 127. The number of hydrogen-bond donors (Lipinski definition) is 1. The SMILES string of the molecule is CN=C(NCC1(C2CC2)CCC1)N1CCCC(C)C1.I. The Balaban J connectivity index is 0.00000147. The molecule has 0 bridgehead atoms. The number of nitrogens with zero attached hydrogens (tertiary/aromatic N) is 2. The fraction of sp³-hybridized carbons (Fsp3) is 0.938. The molecule has 1 aliphatic heterocycles. The molecule has 0 spiro atoms. The number of nitrogens with one attached hydrogen (secondary N) is 1. The minimum absolute atomic E-state index is 0. The molecule has 3 fully saturated rings. The van der Waals surface area contributed by atoms with Crippen LogP contribution in [-0.2, 0) is 0 Å². The second-order valence-electron chi connectivity index (χ2n) is 7.08. The van der Waals surface area contributed by atoms with Gasteiger partial charge in [-0.2, -0.15) is 0 Å². The minimum atomic E-state index is 0. The molecule has 0 radical (unpaired) electrons. The highest BCUT2D eigenvalue weighted by molar-refractivity contribution is 14.0. The summed E-state index contributed by atoms with van der Waals surface area (Å²) in [5.74, 6) is 2.99. The van der Waals surface area contributed by atoms with Gasteiger partial charge in [-0.25, -0.2) is 0 Å². The molecule has 0 aromatic carbocycles. The van der Waals surface area contributed by atoms with Gasteiger partial charge < -0.3 is 10.2 Å². The van der Waals surface area contributed by atoms with Crippen molar-refractivity contribution in [3.63, 3.8) is 0 Å². The van der Waals surface area contributed by atoms with E-state index in [4.69, 9.17) is 0 Å². The van der Waals surface area contributed by atoms with E-state index in [1.165, 1.54) is 58.0 Å². The summed E-state index contributed by atoms with van der Waals surface area (Å²) in [6.45, 7) is 5.88. The van der Waals surface area contributed by atoms with Gasteiger partial charge in [0.1, 0.15) is 0 Å². The Morgan fingerprint density at radius 3 is 2.50 bits per heavy atom. The number of aliphatic imine (C=N–C) groups is 1. The molecule has 3 aliphatic rings. The van der Waals surface area contributed by atoms with Crippen LogP contribution in [-0.4, -0.2) is 37.5 Å². The van der Waals surface area contributed by atoms with Crippen molar-refractivity contribution in [2.75, 3.05) is 26.7 Å². The van der Waals surface area contributed by atoms with E-state index in [9.17, 15) is 0 Å². The van der Waals surface area contributed by atoms with Crippen LogP contribution in [0.4, 0.5) is 0 Å². The first-order chi connectivity index (χ1) is 9.23. The normalized spacial score (nSPS) is 29.4. The summed E-state index contributed by atoms with van der Waals surface area (Å²) < 4.78 is 0. The van der Waals surface area contributed by atoms with Crippen LogP contribution in [0.5, 0.6) is 0 Å². The van der Waals surface area contributed by atoms with Gasteiger partial charge >= 0.3 is 0 Å². The van der Waals surface area contributed by atoms with Crippen LogP contribution in [0.25, 0.3) is 0 Å². The van der Waals surface area contributed by atoms with Crippen molar-refractivity contribution in [1.82, 2.24) is 10.2 Å².